The molecular formula is C17H26Cl3N3O2. The Morgan fingerprint density at radius 2 is 2.12 bits per heavy atom. The fourth-order valence-electron chi connectivity index (χ4n) is 3.38. The normalized spacial score (nSPS) is 22.6. The number of carbonyl (C=O) groups excluding carboxylic acids is 1. The van der Waals surface area contributed by atoms with Gasteiger partial charge >= 0.3 is 0 Å². The van der Waals surface area contributed by atoms with Gasteiger partial charge in [-0.05, 0) is 44.0 Å². The second-order valence-electron chi connectivity index (χ2n) is 6.26. The maximum Gasteiger partial charge on any atom is 0.237 e. The lowest BCUT2D eigenvalue weighted by Gasteiger charge is -2.25. The Morgan fingerprint density at radius 1 is 1.32 bits per heavy atom. The highest BCUT2D eigenvalue weighted by Crippen LogP contribution is 2.33. The number of nitrogens with zero attached hydrogens (tertiary/aromatic N) is 1. The Morgan fingerprint density at radius 3 is 2.80 bits per heavy atom. The molecule has 0 aromatic heterocycles. The van der Waals surface area contributed by atoms with E-state index >= 15 is 0 Å². The lowest BCUT2D eigenvalue weighted by Crippen LogP contribution is -2.50. The molecule has 25 heavy (non-hydrogen) atoms. The smallest absolute Gasteiger partial charge is 0.237 e. The molecule has 8 heteroatoms. The van der Waals surface area contributed by atoms with Crippen molar-refractivity contribution in [3.05, 3.63) is 23.2 Å². The summed E-state index contributed by atoms with van der Waals surface area (Å²) in [6, 6.07) is 5.78. The van der Waals surface area contributed by atoms with Gasteiger partial charge in [-0.3, -0.25) is 4.79 Å². The third-order valence-electron chi connectivity index (χ3n) is 4.64. The van der Waals surface area contributed by atoms with E-state index in [1.165, 1.54) is 0 Å². The summed E-state index contributed by atoms with van der Waals surface area (Å²) in [5, 5.41) is 7.18. The van der Waals surface area contributed by atoms with E-state index in [2.05, 4.69) is 15.5 Å². The predicted octanol–water partition coefficient (Wildman–Crippen LogP) is 3.03. The summed E-state index contributed by atoms with van der Waals surface area (Å²) in [5.74, 6) is 0.949. The van der Waals surface area contributed by atoms with Crippen LogP contribution in [0.5, 0.6) is 5.75 Å². The van der Waals surface area contributed by atoms with E-state index in [1.807, 2.05) is 18.2 Å². The fourth-order valence-corrected chi connectivity index (χ4v) is 3.55. The van der Waals surface area contributed by atoms with Crippen LogP contribution in [-0.4, -0.2) is 44.7 Å². The summed E-state index contributed by atoms with van der Waals surface area (Å²) in [4.78, 5) is 14.6. The first kappa shape index (κ1) is 22.2. The van der Waals surface area contributed by atoms with Crippen molar-refractivity contribution in [2.75, 3.05) is 31.6 Å². The number of anilines is 1. The number of halogens is 3. The quantitative estimate of drug-likeness (QED) is 0.801. The van der Waals surface area contributed by atoms with Crippen molar-refractivity contribution in [2.45, 2.75) is 37.8 Å². The molecule has 5 nitrogen and oxygen atoms in total. The van der Waals surface area contributed by atoms with Crippen LogP contribution in [0.3, 0.4) is 0 Å². The molecule has 0 aliphatic carbocycles. The summed E-state index contributed by atoms with van der Waals surface area (Å²) in [5.41, 5.74) is 0.993. The van der Waals surface area contributed by atoms with Crippen LogP contribution in [0.2, 0.25) is 5.02 Å². The van der Waals surface area contributed by atoms with E-state index in [0.29, 0.717) is 5.02 Å². The van der Waals surface area contributed by atoms with Gasteiger partial charge in [0.25, 0.3) is 0 Å². The van der Waals surface area contributed by atoms with Crippen molar-refractivity contribution in [1.29, 1.82) is 0 Å². The minimum absolute atomic E-state index is 0. The number of benzene rings is 1. The van der Waals surface area contributed by atoms with Crippen molar-refractivity contribution >= 4 is 48.0 Å². The van der Waals surface area contributed by atoms with Crippen LogP contribution in [0.25, 0.3) is 0 Å². The Kier molecular flexibility index (Phi) is 9.14. The minimum Gasteiger partial charge on any atom is -0.495 e. The third-order valence-corrected chi connectivity index (χ3v) is 4.88. The lowest BCUT2D eigenvalue weighted by atomic mass is 10.0. The zero-order valence-electron chi connectivity index (χ0n) is 14.3. The third kappa shape index (κ3) is 5.55. The SMILES string of the molecule is COc1ccc(Cl)cc1N1CCC(NC(=O)[C@H]2CCCCN2)C1.Cl.Cl. The van der Waals surface area contributed by atoms with Crippen molar-refractivity contribution in [3.63, 3.8) is 0 Å². The minimum atomic E-state index is -0.0292. The zero-order chi connectivity index (χ0) is 16.2. The number of carbonyl (C=O) groups is 1. The van der Waals surface area contributed by atoms with Gasteiger partial charge in [0.05, 0.1) is 18.8 Å². The molecule has 2 atom stereocenters. The van der Waals surface area contributed by atoms with Crippen LogP contribution < -0.4 is 20.3 Å². The standard InChI is InChI=1S/C17H24ClN3O2.2ClH/c1-23-16-6-5-12(18)10-15(16)21-9-7-13(11-21)20-17(22)14-4-2-3-8-19-14;;/h5-6,10,13-14,19H,2-4,7-9,11H2,1H3,(H,20,22);2*1H/t13?,14-;;/m1../s1. The summed E-state index contributed by atoms with van der Waals surface area (Å²) in [7, 11) is 1.66. The van der Waals surface area contributed by atoms with Crippen LogP contribution >= 0.6 is 36.4 Å². The second kappa shape index (κ2) is 10.3. The lowest BCUT2D eigenvalue weighted by molar-refractivity contribution is -0.124. The average Bonchev–Trinajstić information content (AvgIpc) is 3.04. The van der Waals surface area contributed by atoms with Gasteiger partial charge in [0.15, 0.2) is 0 Å². The van der Waals surface area contributed by atoms with Crippen molar-refractivity contribution < 1.29 is 9.53 Å². The Hall–Kier alpha value is -0.880. The number of hydrogen-bond donors (Lipinski definition) is 2. The maximum atomic E-state index is 12.3. The van der Waals surface area contributed by atoms with E-state index in [-0.39, 0.29) is 42.8 Å². The average molecular weight is 411 g/mol. The molecule has 3 rings (SSSR count). The van der Waals surface area contributed by atoms with Gasteiger partial charge in [0, 0.05) is 24.2 Å². The molecule has 2 aliphatic heterocycles. The highest BCUT2D eigenvalue weighted by atomic mass is 35.5. The number of amides is 1. The molecule has 0 bridgehead atoms. The van der Waals surface area contributed by atoms with Crippen LogP contribution in [0.1, 0.15) is 25.7 Å². The molecular weight excluding hydrogens is 385 g/mol. The molecule has 2 heterocycles. The second-order valence-corrected chi connectivity index (χ2v) is 6.70. The van der Waals surface area contributed by atoms with Gasteiger partial charge < -0.3 is 20.3 Å². The molecule has 0 radical (unpaired) electrons. The van der Waals surface area contributed by atoms with Crippen molar-refractivity contribution in [2.24, 2.45) is 0 Å². The summed E-state index contributed by atoms with van der Waals surface area (Å²) in [6.45, 7) is 2.61. The Balaban J connectivity index is 0.00000156. The van der Waals surface area contributed by atoms with Crippen LogP contribution in [0.4, 0.5) is 5.69 Å². The molecule has 2 saturated heterocycles. The number of methoxy groups -OCH3 is 1. The first-order valence-electron chi connectivity index (χ1n) is 8.29. The maximum absolute atomic E-state index is 12.3. The van der Waals surface area contributed by atoms with E-state index in [1.54, 1.807) is 7.11 Å². The topological polar surface area (TPSA) is 53.6 Å². The van der Waals surface area contributed by atoms with Gasteiger partial charge in [-0.25, -0.2) is 0 Å². The molecule has 1 aromatic rings. The van der Waals surface area contributed by atoms with Crippen molar-refractivity contribution in [1.82, 2.24) is 10.6 Å². The number of ether oxygens (including phenoxy) is 1. The fraction of sp³-hybridized carbons (Fsp3) is 0.588. The van der Waals surface area contributed by atoms with E-state index < -0.39 is 0 Å². The van der Waals surface area contributed by atoms with Crippen LogP contribution in [0, 0.1) is 0 Å². The largest absolute Gasteiger partial charge is 0.495 e. The molecule has 1 aromatic carbocycles. The Labute approximate surface area is 166 Å². The summed E-state index contributed by atoms with van der Waals surface area (Å²) in [6.07, 6.45) is 4.16. The molecule has 0 spiro atoms. The first-order valence-corrected chi connectivity index (χ1v) is 8.67. The summed E-state index contributed by atoms with van der Waals surface area (Å²) >= 11 is 6.11. The molecule has 1 unspecified atom stereocenters. The monoisotopic (exact) mass is 409 g/mol. The molecule has 142 valence electrons. The highest BCUT2D eigenvalue weighted by molar-refractivity contribution is 6.30. The van der Waals surface area contributed by atoms with E-state index in [4.69, 9.17) is 16.3 Å². The van der Waals surface area contributed by atoms with Crippen LogP contribution in [-0.2, 0) is 4.79 Å². The zero-order valence-corrected chi connectivity index (χ0v) is 16.7. The molecule has 0 saturated carbocycles. The number of rotatable bonds is 4. The molecule has 1 amide bonds. The van der Waals surface area contributed by atoms with Crippen LogP contribution in [0.15, 0.2) is 18.2 Å². The van der Waals surface area contributed by atoms with E-state index in [9.17, 15) is 4.79 Å². The van der Waals surface area contributed by atoms with Gasteiger partial charge in [-0.15, -0.1) is 24.8 Å². The molecule has 2 fully saturated rings. The molecule has 2 N–H and O–H groups in total. The molecule has 2 aliphatic rings. The summed E-state index contributed by atoms with van der Waals surface area (Å²) < 4.78 is 5.43. The van der Waals surface area contributed by atoms with Crippen molar-refractivity contribution in [3.8, 4) is 5.75 Å². The number of piperidine rings is 1. The Bertz CT molecular complexity index is 568. The van der Waals surface area contributed by atoms with Gasteiger partial charge in [-0.2, -0.15) is 0 Å². The number of nitrogens with one attached hydrogen (secondary N) is 2. The van der Waals surface area contributed by atoms with Gasteiger partial charge in [-0.1, -0.05) is 18.0 Å². The van der Waals surface area contributed by atoms with Gasteiger partial charge in [0.2, 0.25) is 5.91 Å². The van der Waals surface area contributed by atoms with E-state index in [0.717, 1.165) is 56.8 Å². The first-order chi connectivity index (χ1) is 11.2. The van der Waals surface area contributed by atoms with Gasteiger partial charge in [0.1, 0.15) is 5.75 Å². The number of hydrogen-bond acceptors (Lipinski definition) is 4. The predicted molar refractivity (Wildman–Crippen MR) is 107 cm³/mol. The highest BCUT2D eigenvalue weighted by Gasteiger charge is 2.28.